The fraction of sp³-hybridized carbons (Fsp3) is 0.731. The summed E-state index contributed by atoms with van der Waals surface area (Å²) in [4.78, 5) is 58.3. The van der Waals surface area contributed by atoms with Gasteiger partial charge in [-0.05, 0) is 119 Å². The molecule has 1 amide bonds. The number of carbonyl (C=O) groups excluding carboxylic acids is 4. The molecular weight excluding hydrogens is 866 g/mol. The van der Waals surface area contributed by atoms with Gasteiger partial charge in [-0.2, -0.15) is 0 Å². The third-order valence-electron chi connectivity index (χ3n) is 15.4. The fourth-order valence-corrected chi connectivity index (χ4v) is 11.0. The van der Waals surface area contributed by atoms with Crippen LogP contribution >= 0.6 is 0 Å². The lowest BCUT2D eigenvalue weighted by Gasteiger charge is -2.47. The molecule has 0 aromatic heterocycles. The number of carbonyl (C=O) groups is 4. The number of hydrogen-bond acceptors (Lipinski definition) is 13. The Labute approximate surface area is 396 Å². The van der Waals surface area contributed by atoms with Gasteiger partial charge in [0, 0.05) is 52.6 Å². The van der Waals surface area contributed by atoms with Gasteiger partial charge in [-0.1, -0.05) is 64.0 Å². The van der Waals surface area contributed by atoms with Crippen LogP contribution in [0.1, 0.15) is 137 Å². The first-order chi connectivity index (χ1) is 31.7. The highest BCUT2D eigenvalue weighted by Gasteiger charge is 2.57. The summed E-state index contributed by atoms with van der Waals surface area (Å²) in [5, 5.41) is 46.5. The molecule has 15 heteroatoms. The average Bonchev–Trinajstić information content (AvgIpc) is 3.31. The number of Topliss-reactive ketones (excluding diaryl/α,β-unsaturated/α-hetero) is 2. The number of methoxy groups -OCH3 is 3. The van der Waals surface area contributed by atoms with Crippen LogP contribution in [-0.2, 0) is 42.9 Å². The van der Waals surface area contributed by atoms with E-state index in [1.165, 1.54) is 44.4 Å². The van der Waals surface area contributed by atoms with Crippen molar-refractivity contribution in [2.45, 2.75) is 185 Å². The van der Waals surface area contributed by atoms with E-state index in [9.17, 15) is 44.0 Å². The summed E-state index contributed by atoms with van der Waals surface area (Å²) in [6.07, 6.45) is 1.89. The summed E-state index contributed by atoms with van der Waals surface area (Å²) in [6.45, 7) is 11.1. The van der Waals surface area contributed by atoms with Crippen LogP contribution in [0.25, 0.3) is 0 Å². The number of rotatable bonds is 10. The molecule has 2 saturated heterocycles. The number of halogens is 1. The number of hydrogen-bond donors (Lipinski definition) is 4. The Morgan fingerprint density at radius 3 is 2.34 bits per heavy atom. The Morgan fingerprint density at radius 1 is 0.985 bits per heavy atom. The first kappa shape index (κ1) is 54.5. The van der Waals surface area contributed by atoms with Gasteiger partial charge in [0.2, 0.25) is 5.79 Å². The summed E-state index contributed by atoms with van der Waals surface area (Å²) in [5.74, 6) is -8.04. The Kier molecular flexibility index (Phi) is 19.5. The molecule has 4 N–H and O–H groups in total. The van der Waals surface area contributed by atoms with E-state index in [1.807, 2.05) is 32.9 Å². The summed E-state index contributed by atoms with van der Waals surface area (Å²) in [5.41, 5.74) is 0.674. The zero-order valence-electron chi connectivity index (χ0n) is 41.2. The number of ketones is 2. The second-order valence-electron chi connectivity index (χ2n) is 20.3. The van der Waals surface area contributed by atoms with Gasteiger partial charge in [-0.25, -0.2) is 9.18 Å². The highest BCUT2D eigenvalue weighted by molar-refractivity contribution is 6.39. The standard InChI is InChI=1S/C52H78FNO13/c1-10-35-18-21-54-40(26-35)50(60)66-46(32(4)24-36-16-19-51(61,45(27-36)65-9)20-17-41(56)37-12-11-13-38(53)28-37)34(6)42(57)29-39(55)15-14-30(2)22-31(3)23-43(63-7)47-44(64-8)25-33(5)52(62,67-47)48(58)49(54)59/h11-14,24,28,31,33-36,40-47,56-57,61-62H,10,15-23,25-27,29H2,1-9H3/b30-14-,32-24?. The maximum absolute atomic E-state index is 14.7. The topological polar surface area (TPSA) is 199 Å². The van der Waals surface area contributed by atoms with E-state index >= 15 is 0 Å². The van der Waals surface area contributed by atoms with Crippen molar-refractivity contribution in [3.8, 4) is 0 Å². The van der Waals surface area contributed by atoms with E-state index in [-0.39, 0.29) is 68.6 Å². The average molecular weight is 944 g/mol. The highest BCUT2D eigenvalue weighted by atomic mass is 19.1. The number of nitrogens with zero attached hydrogens (tertiary/aromatic N) is 1. The molecule has 3 fully saturated rings. The predicted molar refractivity (Wildman–Crippen MR) is 248 cm³/mol. The van der Waals surface area contributed by atoms with Gasteiger partial charge in [-0.3, -0.25) is 14.4 Å². The molecule has 14 nitrogen and oxygen atoms in total. The molecule has 3 aliphatic heterocycles. The quantitative estimate of drug-likeness (QED) is 0.113. The van der Waals surface area contributed by atoms with Gasteiger partial charge >= 0.3 is 5.97 Å². The van der Waals surface area contributed by atoms with Gasteiger partial charge in [0.1, 0.15) is 29.9 Å². The summed E-state index contributed by atoms with van der Waals surface area (Å²) in [6, 6.07) is 4.53. The van der Waals surface area contributed by atoms with Crippen molar-refractivity contribution in [1.29, 1.82) is 0 Å². The van der Waals surface area contributed by atoms with Crippen LogP contribution in [0.5, 0.6) is 0 Å². The largest absolute Gasteiger partial charge is 0.456 e. The molecule has 0 radical (unpaired) electrons. The first-order valence-electron chi connectivity index (χ1n) is 24.4. The molecule has 1 aromatic rings. The smallest absolute Gasteiger partial charge is 0.329 e. The second-order valence-corrected chi connectivity index (χ2v) is 20.3. The number of benzene rings is 1. The van der Waals surface area contributed by atoms with E-state index < -0.39 is 95.5 Å². The number of esters is 1. The minimum atomic E-state index is -2.55. The van der Waals surface area contributed by atoms with Crippen molar-refractivity contribution in [1.82, 2.24) is 4.90 Å². The molecule has 4 aliphatic rings. The van der Waals surface area contributed by atoms with E-state index in [0.717, 1.165) is 5.57 Å². The van der Waals surface area contributed by atoms with Crippen molar-refractivity contribution in [3.63, 3.8) is 0 Å². The van der Waals surface area contributed by atoms with E-state index in [0.29, 0.717) is 56.1 Å². The number of fused-ring (bicyclic) bond motifs is 3. The molecule has 5 rings (SSSR count). The number of aliphatic hydroxyl groups excluding tert-OH is 2. The molecule has 376 valence electrons. The van der Waals surface area contributed by atoms with Crippen molar-refractivity contribution in [3.05, 3.63) is 58.9 Å². The maximum atomic E-state index is 14.7. The lowest BCUT2D eigenvalue weighted by molar-refractivity contribution is -0.302. The third kappa shape index (κ3) is 13.3. The van der Waals surface area contributed by atoms with Crippen LogP contribution in [-0.4, -0.2) is 131 Å². The Balaban J connectivity index is 1.46. The number of amides is 1. The van der Waals surface area contributed by atoms with Crippen LogP contribution < -0.4 is 0 Å². The van der Waals surface area contributed by atoms with E-state index in [1.54, 1.807) is 26.8 Å². The van der Waals surface area contributed by atoms with Crippen molar-refractivity contribution in [2.75, 3.05) is 27.9 Å². The van der Waals surface area contributed by atoms with E-state index in [2.05, 4.69) is 0 Å². The van der Waals surface area contributed by atoms with Gasteiger partial charge in [-0.15, -0.1) is 0 Å². The number of allylic oxidation sites excluding steroid dienone is 3. The fourth-order valence-electron chi connectivity index (χ4n) is 11.0. The number of aliphatic hydroxyl groups is 4. The van der Waals surface area contributed by atoms with Gasteiger partial charge < -0.3 is 49.0 Å². The van der Waals surface area contributed by atoms with Gasteiger partial charge in [0.25, 0.3) is 11.7 Å². The number of piperidine rings is 1. The van der Waals surface area contributed by atoms with E-state index in [4.69, 9.17) is 23.7 Å². The maximum Gasteiger partial charge on any atom is 0.329 e. The zero-order valence-corrected chi connectivity index (χ0v) is 41.2. The Bertz CT molecular complexity index is 1920. The van der Waals surface area contributed by atoms with Gasteiger partial charge in [0.05, 0.1) is 36.1 Å². The molecule has 15 atom stereocenters. The SMILES string of the molecule is CCC1CCN2C(=O)C(=O)C3(O)OC(C(OC)CC(C)C/C(C)=C\CC(=O)CC(O)C(C)C(C(C)=CC4CCC(O)(CCC(O)c5cccc(F)c5)C(OC)C4)OC(=O)C2C1)C(OC)CC3C. The summed E-state index contributed by atoms with van der Waals surface area (Å²) >= 11 is 0. The summed E-state index contributed by atoms with van der Waals surface area (Å²) < 4.78 is 44.1. The minimum absolute atomic E-state index is 0.0120. The molecule has 1 saturated carbocycles. The normalized spacial score (nSPS) is 38.3. The van der Waals surface area contributed by atoms with Crippen molar-refractivity contribution >= 4 is 23.4 Å². The second kappa shape index (κ2) is 23.9. The molecule has 1 aromatic carbocycles. The third-order valence-corrected chi connectivity index (χ3v) is 15.4. The molecule has 1 aliphatic carbocycles. The molecule has 2 bridgehead atoms. The lowest BCUT2D eigenvalue weighted by atomic mass is 9.73. The van der Waals surface area contributed by atoms with Crippen LogP contribution in [0.2, 0.25) is 0 Å². The van der Waals surface area contributed by atoms with Gasteiger partial charge in [0.15, 0.2) is 0 Å². The Hall–Kier alpha value is -3.41. The number of ether oxygens (including phenoxy) is 5. The van der Waals surface area contributed by atoms with Crippen LogP contribution in [0.4, 0.5) is 4.39 Å². The summed E-state index contributed by atoms with van der Waals surface area (Å²) in [7, 11) is 4.55. The first-order valence-corrected chi connectivity index (χ1v) is 24.4. The molecule has 67 heavy (non-hydrogen) atoms. The Morgan fingerprint density at radius 2 is 1.69 bits per heavy atom. The molecule has 3 heterocycles. The molecule has 0 spiro atoms. The van der Waals surface area contributed by atoms with Crippen LogP contribution in [0, 0.1) is 35.4 Å². The van der Waals surface area contributed by atoms with Crippen LogP contribution in [0.15, 0.2) is 47.6 Å². The zero-order chi connectivity index (χ0) is 49.4. The molecule has 15 unspecified atom stereocenters. The monoisotopic (exact) mass is 944 g/mol. The van der Waals surface area contributed by atoms with Crippen molar-refractivity contribution < 1.29 is 67.7 Å². The predicted octanol–water partition coefficient (Wildman–Crippen LogP) is 6.50. The van der Waals surface area contributed by atoms with Crippen LogP contribution in [0.3, 0.4) is 0 Å². The number of cyclic esters (lactones) is 1. The minimum Gasteiger partial charge on any atom is -0.456 e. The van der Waals surface area contributed by atoms with Crippen molar-refractivity contribution in [2.24, 2.45) is 29.6 Å². The molecular formula is C52H78FNO13. The highest BCUT2D eigenvalue weighted by Crippen LogP contribution is 2.42. The lowest BCUT2D eigenvalue weighted by Crippen LogP contribution is -2.64.